The fourth-order valence-corrected chi connectivity index (χ4v) is 3.25. The van der Waals surface area contributed by atoms with E-state index >= 15 is 0 Å². The summed E-state index contributed by atoms with van der Waals surface area (Å²) in [6.07, 6.45) is 6.45. The number of piperidine rings is 2. The zero-order valence-corrected chi connectivity index (χ0v) is 12.6. The summed E-state index contributed by atoms with van der Waals surface area (Å²) in [7, 11) is 1.94. The molecule has 0 aromatic rings. The van der Waals surface area contributed by atoms with Crippen LogP contribution in [-0.4, -0.2) is 73.0 Å². The van der Waals surface area contributed by atoms with Crippen LogP contribution in [0.5, 0.6) is 0 Å². The molecule has 2 aliphatic rings. The van der Waals surface area contributed by atoms with Gasteiger partial charge in [-0.25, -0.2) is 0 Å². The molecule has 0 spiro atoms. The van der Waals surface area contributed by atoms with Crippen molar-refractivity contribution >= 4 is 5.91 Å². The van der Waals surface area contributed by atoms with Crippen molar-refractivity contribution in [2.75, 3.05) is 46.3 Å². The molecule has 2 saturated heterocycles. The average Bonchev–Trinajstić information content (AvgIpc) is 2.46. The van der Waals surface area contributed by atoms with Crippen LogP contribution in [0.25, 0.3) is 0 Å². The van der Waals surface area contributed by atoms with Crippen LogP contribution in [0.4, 0.5) is 0 Å². The highest BCUT2D eigenvalue weighted by molar-refractivity contribution is 5.73. The molecule has 2 fully saturated rings. The standard InChI is InChI=1S/C15H29N3O/c1-14(19)16(2)15-6-10-18(11-7-15)13-12-17-8-4-3-5-9-17/h15H,3-13H2,1-2H3. The van der Waals surface area contributed by atoms with Gasteiger partial charge in [0.1, 0.15) is 0 Å². The van der Waals surface area contributed by atoms with Gasteiger partial charge in [-0.3, -0.25) is 4.79 Å². The van der Waals surface area contributed by atoms with Crippen LogP contribution >= 0.6 is 0 Å². The molecule has 0 saturated carbocycles. The van der Waals surface area contributed by atoms with Crippen LogP contribution in [0.2, 0.25) is 0 Å². The first kappa shape index (κ1) is 14.8. The van der Waals surface area contributed by atoms with Crippen molar-refractivity contribution in [1.29, 1.82) is 0 Å². The number of likely N-dealkylation sites (tertiary alicyclic amines) is 2. The Hall–Kier alpha value is -0.610. The van der Waals surface area contributed by atoms with E-state index in [4.69, 9.17) is 0 Å². The maximum absolute atomic E-state index is 11.4. The molecule has 2 rings (SSSR count). The first-order valence-electron chi connectivity index (χ1n) is 7.85. The van der Waals surface area contributed by atoms with Crippen LogP contribution in [0.3, 0.4) is 0 Å². The molecule has 110 valence electrons. The lowest BCUT2D eigenvalue weighted by Gasteiger charge is -2.37. The van der Waals surface area contributed by atoms with E-state index in [9.17, 15) is 4.79 Å². The van der Waals surface area contributed by atoms with Crippen LogP contribution in [0, 0.1) is 0 Å². The fraction of sp³-hybridized carbons (Fsp3) is 0.933. The van der Waals surface area contributed by atoms with Crippen molar-refractivity contribution in [2.45, 2.75) is 45.1 Å². The Balaban J connectivity index is 1.64. The number of hydrogen-bond acceptors (Lipinski definition) is 3. The third kappa shape index (κ3) is 4.46. The molecule has 19 heavy (non-hydrogen) atoms. The lowest BCUT2D eigenvalue weighted by atomic mass is 10.0. The number of rotatable bonds is 4. The third-order valence-corrected chi connectivity index (χ3v) is 4.78. The summed E-state index contributed by atoms with van der Waals surface area (Å²) < 4.78 is 0. The van der Waals surface area contributed by atoms with Crippen LogP contribution < -0.4 is 0 Å². The smallest absolute Gasteiger partial charge is 0.219 e. The Morgan fingerprint density at radius 1 is 1.00 bits per heavy atom. The molecule has 1 amide bonds. The summed E-state index contributed by atoms with van der Waals surface area (Å²) in [6.45, 7) is 8.99. The second-order valence-corrected chi connectivity index (χ2v) is 6.11. The second kappa shape index (κ2) is 7.25. The molecule has 0 atom stereocenters. The Labute approximate surface area is 117 Å². The Morgan fingerprint density at radius 2 is 1.53 bits per heavy atom. The molecular weight excluding hydrogens is 238 g/mol. The summed E-state index contributed by atoms with van der Waals surface area (Å²) in [4.78, 5) is 18.5. The monoisotopic (exact) mass is 267 g/mol. The van der Waals surface area contributed by atoms with E-state index in [0.29, 0.717) is 6.04 Å². The number of carbonyl (C=O) groups is 1. The third-order valence-electron chi connectivity index (χ3n) is 4.78. The maximum atomic E-state index is 11.4. The summed E-state index contributed by atoms with van der Waals surface area (Å²) in [5.41, 5.74) is 0. The summed E-state index contributed by atoms with van der Waals surface area (Å²) >= 11 is 0. The highest BCUT2D eigenvalue weighted by Gasteiger charge is 2.23. The second-order valence-electron chi connectivity index (χ2n) is 6.11. The maximum Gasteiger partial charge on any atom is 0.219 e. The number of nitrogens with zero attached hydrogens (tertiary/aromatic N) is 3. The lowest BCUT2D eigenvalue weighted by molar-refractivity contribution is -0.130. The number of amides is 1. The first-order valence-corrected chi connectivity index (χ1v) is 7.85. The van der Waals surface area contributed by atoms with Crippen molar-refractivity contribution in [3.05, 3.63) is 0 Å². The normalized spacial score (nSPS) is 23.5. The summed E-state index contributed by atoms with van der Waals surface area (Å²) in [6, 6.07) is 0.462. The number of hydrogen-bond donors (Lipinski definition) is 0. The van der Waals surface area contributed by atoms with Gasteiger partial charge >= 0.3 is 0 Å². The molecule has 0 N–H and O–H groups in total. The van der Waals surface area contributed by atoms with E-state index in [1.165, 1.54) is 45.4 Å². The van der Waals surface area contributed by atoms with Crippen molar-refractivity contribution in [1.82, 2.24) is 14.7 Å². The Kier molecular flexibility index (Phi) is 5.64. The van der Waals surface area contributed by atoms with Crippen molar-refractivity contribution in [3.8, 4) is 0 Å². The fourth-order valence-electron chi connectivity index (χ4n) is 3.25. The van der Waals surface area contributed by atoms with Gasteiger partial charge in [-0.2, -0.15) is 0 Å². The van der Waals surface area contributed by atoms with Gasteiger partial charge in [-0.05, 0) is 38.8 Å². The molecule has 0 aliphatic carbocycles. The van der Waals surface area contributed by atoms with Gasteiger partial charge in [0.2, 0.25) is 5.91 Å². The van der Waals surface area contributed by atoms with Gasteiger partial charge in [0, 0.05) is 46.2 Å². The van der Waals surface area contributed by atoms with Gasteiger partial charge in [0.25, 0.3) is 0 Å². The van der Waals surface area contributed by atoms with Crippen molar-refractivity contribution < 1.29 is 4.79 Å². The molecule has 2 heterocycles. The zero-order chi connectivity index (χ0) is 13.7. The minimum Gasteiger partial charge on any atom is -0.343 e. The molecule has 2 aliphatic heterocycles. The molecular formula is C15H29N3O. The van der Waals surface area contributed by atoms with Crippen LogP contribution in [0.1, 0.15) is 39.0 Å². The minimum absolute atomic E-state index is 0.201. The Morgan fingerprint density at radius 3 is 2.05 bits per heavy atom. The van der Waals surface area contributed by atoms with Crippen molar-refractivity contribution in [2.24, 2.45) is 0 Å². The van der Waals surface area contributed by atoms with E-state index < -0.39 is 0 Å². The predicted molar refractivity (Wildman–Crippen MR) is 78.2 cm³/mol. The lowest BCUT2D eigenvalue weighted by Crippen LogP contribution is -2.47. The van der Waals surface area contributed by atoms with Crippen molar-refractivity contribution in [3.63, 3.8) is 0 Å². The largest absolute Gasteiger partial charge is 0.343 e. The highest BCUT2D eigenvalue weighted by Crippen LogP contribution is 2.16. The van der Waals surface area contributed by atoms with Gasteiger partial charge in [-0.1, -0.05) is 6.42 Å². The quantitative estimate of drug-likeness (QED) is 0.771. The van der Waals surface area contributed by atoms with Crippen LogP contribution in [0.15, 0.2) is 0 Å². The number of carbonyl (C=O) groups excluding carboxylic acids is 1. The molecule has 4 heteroatoms. The highest BCUT2D eigenvalue weighted by atomic mass is 16.2. The molecule has 0 aromatic carbocycles. The SMILES string of the molecule is CC(=O)N(C)C1CCN(CCN2CCCCC2)CC1. The zero-order valence-electron chi connectivity index (χ0n) is 12.6. The molecule has 0 radical (unpaired) electrons. The van der Waals surface area contributed by atoms with E-state index in [1.807, 2.05) is 11.9 Å². The van der Waals surface area contributed by atoms with E-state index in [2.05, 4.69) is 9.80 Å². The topological polar surface area (TPSA) is 26.8 Å². The predicted octanol–water partition coefficient (Wildman–Crippen LogP) is 1.42. The molecule has 0 aromatic heterocycles. The molecule has 0 bridgehead atoms. The van der Waals surface area contributed by atoms with Gasteiger partial charge in [0.05, 0.1) is 0 Å². The van der Waals surface area contributed by atoms with E-state index in [0.717, 1.165) is 25.9 Å². The van der Waals surface area contributed by atoms with Gasteiger partial charge in [0.15, 0.2) is 0 Å². The summed E-state index contributed by atoms with van der Waals surface area (Å²) in [5, 5.41) is 0. The summed E-state index contributed by atoms with van der Waals surface area (Å²) in [5.74, 6) is 0.201. The van der Waals surface area contributed by atoms with Gasteiger partial charge in [-0.15, -0.1) is 0 Å². The molecule has 4 nitrogen and oxygen atoms in total. The first-order chi connectivity index (χ1) is 9.16. The van der Waals surface area contributed by atoms with Gasteiger partial charge < -0.3 is 14.7 Å². The minimum atomic E-state index is 0.201. The van der Waals surface area contributed by atoms with E-state index in [-0.39, 0.29) is 5.91 Å². The average molecular weight is 267 g/mol. The van der Waals surface area contributed by atoms with E-state index in [1.54, 1.807) is 6.92 Å². The van der Waals surface area contributed by atoms with Crippen LogP contribution in [-0.2, 0) is 4.79 Å². The molecule has 0 unspecified atom stereocenters. The Bertz CT molecular complexity index is 281.